The minimum Gasteiger partial charge on any atom is -0.375 e. The van der Waals surface area contributed by atoms with Gasteiger partial charge in [-0.15, -0.1) is 0 Å². The van der Waals surface area contributed by atoms with Crippen LogP contribution in [0.2, 0.25) is 0 Å². The lowest BCUT2D eigenvalue weighted by molar-refractivity contribution is 0.00672. The molecule has 10 heavy (non-hydrogen) atoms. The van der Waals surface area contributed by atoms with E-state index < -0.39 is 10.8 Å². The fourth-order valence-corrected chi connectivity index (χ4v) is 0.783. The number of hydrogen-bond acceptors (Lipinski definition) is 2. The van der Waals surface area contributed by atoms with E-state index in [0.717, 1.165) is 0 Å². The van der Waals surface area contributed by atoms with Gasteiger partial charge in [-0.25, -0.2) is 0 Å². The van der Waals surface area contributed by atoms with Crippen LogP contribution in [0.1, 0.15) is 20.8 Å². The van der Waals surface area contributed by atoms with Gasteiger partial charge in [-0.2, -0.15) is 0 Å². The van der Waals surface area contributed by atoms with Crippen LogP contribution in [0.15, 0.2) is 0 Å². The van der Waals surface area contributed by atoms with Crippen molar-refractivity contribution in [3.05, 3.63) is 0 Å². The summed E-state index contributed by atoms with van der Waals surface area (Å²) >= 11 is 0. The van der Waals surface area contributed by atoms with Gasteiger partial charge < -0.3 is 4.74 Å². The van der Waals surface area contributed by atoms with E-state index in [2.05, 4.69) is 0 Å². The van der Waals surface area contributed by atoms with Crippen LogP contribution in [-0.2, 0) is 15.5 Å². The second-order valence-corrected chi connectivity index (χ2v) is 4.79. The third kappa shape index (κ3) is 8.11. The van der Waals surface area contributed by atoms with E-state index >= 15 is 0 Å². The van der Waals surface area contributed by atoms with Crippen LogP contribution in [-0.4, -0.2) is 28.4 Å². The maximum atomic E-state index is 10.6. The van der Waals surface area contributed by atoms with E-state index in [4.69, 9.17) is 4.74 Å². The Morgan fingerprint density at radius 1 is 1.40 bits per heavy atom. The van der Waals surface area contributed by atoms with Crippen molar-refractivity contribution in [2.45, 2.75) is 26.4 Å². The first-order valence-corrected chi connectivity index (χ1v) is 5.08. The highest BCUT2D eigenvalue weighted by Gasteiger charge is 2.09. The molecule has 0 saturated heterocycles. The molecule has 0 aliphatic heterocycles. The standard InChI is InChI=1S/C7H16O2S/c1-7(2,3)9-5-6-10(4)8/h5-6H2,1-4H3. The number of hydrogen-bond donors (Lipinski definition) is 0. The van der Waals surface area contributed by atoms with Crippen molar-refractivity contribution < 1.29 is 8.95 Å². The first kappa shape index (κ1) is 10.1. The minimum absolute atomic E-state index is 0.0978. The molecule has 0 saturated carbocycles. The minimum atomic E-state index is -0.725. The Kier molecular flexibility index (Phi) is 4.13. The molecule has 0 aromatic carbocycles. The summed E-state index contributed by atoms with van der Waals surface area (Å²) in [7, 11) is -0.725. The molecule has 0 radical (unpaired) electrons. The van der Waals surface area contributed by atoms with Gasteiger partial charge >= 0.3 is 0 Å². The van der Waals surface area contributed by atoms with Gasteiger partial charge in [0.05, 0.1) is 12.2 Å². The second kappa shape index (κ2) is 4.09. The van der Waals surface area contributed by atoms with Gasteiger partial charge in [0.25, 0.3) is 0 Å². The van der Waals surface area contributed by atoms with E-state index in [0.29, 0.717) is 12.4 Å². The van der Waals surface area contributed by atoms with Crippen LogP contribution in [0.25, 0.3) is 0 Å². The molecule has 0 aliphatic carbocycles. The molecule has 62 valence electrons. The van der Waals surface area contributed by atoms with Gasteiger partial charge in [0.1, 0.15) is 0 Å². The van der Waals surface area contributed by atoms with Crippen LogP contribution < -0.4 is 0 Å². The van der Waals surface area contributed by atoms with Crippen molar-refractivity contribution >= 4 is 10.8 Å². The van der Waals surface area contributed by atoms with Crippen molar-refractivity contribution in [1.82, 2.24) is 0 Å². The fraction of sp³-hybridized carbons (Fsp3) is 1.00. The van der Waals surface area contributed by atoms with Crippen molar-refractivity contribution in [3.63, 3.8) is 0 Å². The summed E-state index contributed by atoms with van der Waals surface area (Å²) in [6.07, 6.45) is 1.69. The Hall–Kier alpha value is 0.110. The lowest BCUT2D eigenvalue weighted by Gasteiger charge is -2.18. The molecule has 1 unspecified atom stereocenters. The smallest absolute Gasteiger partial charge is 0.0598 e. The highest BCUT2D eigenvalue weighted by Crippen LogP contribution is 2.05. The quantitative estimate of drug-likeness (QED) is 0.626. The largest absolute Gasteiger partial charge is 0.375 e. The average Bonchev–Trinajstić information content (AvgIpc) is 1.59. The molecule has 0 fully saturated rings. The summed E-state index contributed by atoms with van der Waals surface area (Å²) < 4.78 is 15.9. The molecule has 2 nitrogen and oxygen atoms in total. The number of ether oxygens (including phenoxy) is 1. The summed E-state index contributed by atoms with van der Waals surface area (Å²) in [6, 6.07) is 0. The topological polar surface area (TPSA) is 26.3 Å². The van der Waals surface area contributed by atoms with E-state index in [1.165, 1.54) is 0 Å². The van der Waals surface area contributed by atoms with Crippen molar-refractivity contribution in [3.8, 4) is 0 Å². The lowest BCUT2D eigenvalue weighted by atomic mass is 10.2. The molecule has 0 spiro atoms. The van der Waals surface area contributed by atoms with Gasteiger partial charge in [-0.3, -0.25) is 4.21 Å². The van der Waals surface area contributed by atoms with Crippen LogP contribution in [0, 0.1) is 0 Å². The average molecular weight is 164 g/mol. The van der Waals surface area contributed by atoms with E-state index in [1.807, 2.05) is 20.8 Å². The molecule has 0 amide bonds. The molecule has 0 aliphatic rings. The molecule has 1 atom stereocenters. The Balaban J connectivity index is 3.29. The summed E-state index contributed by atoms with van der Waals surface area (Å²) in [4.78, 5) is 0. The molecule has 0 aromatic heterocycles. The lowest BCUT2D eigenvalue weighted by Crippen LogP contribution is -2.21. The molecule has 0 bridgehead atoms. The molecule has 0 heterocycles. The van der Waals surface area contributed by atoms with E-state index in [-0.39, 0.29) is 5.60 Å². The second-order valence-electron chi connectivity index (χ2n) is 3.24. The first-order chi connectivity index (χ1) is 4.42. The SMILES string of the molecule is CS(=O)CCOC(C)(C)C. The normalized spacial score (nSPS) is 15.2. The Morgan fingerprint density at radius 3 is 2.20 bits per heavy atom. The zero-order valence-corrected chi connectivity index (χ0v) is 7.96. The zero-order valence-electron chi connectivity index (χ0n) is 7.14. The molecular formula is C7H16O2S. The predicted molar refractivity (Wildman–Crippen MR) is 44.6 cm³/mol. The Labute approximate surface area is 65.4 Å². The van der Waals surface area contributed by atoms with Gasteiger partial charge in [-0.1, -0.05) is 0 Å². The maximum Gasteiger partial charge on any atom is 0.0598 e. The summed E-state index contributed by atoms with van der Waals surface area (Å²) in [5.41, 5.74) is -0.0978. The van der Waals surface area contributed by atoms with Crippen LogP contribution in [0.4, 0.5) is 0 Å². The fourth-order valence-electron chi connectivity index (χ4n) is 0.465. The first-order valence-electron chi connectivity index (χ1n) is 3.36. The van der Waals surface area contributed by atoms with Crippen LogP contribution >= 0.6 is 0 Å². The van der Waals surface area contributed by atoms with Crippen molar-refractivity contribution in [2.24, 2.45) is 0 Å². The highest BCUT2D eigenvalue weighted by atomic mass is 32.2. The highest BCUT2D eigenvalue weighted by molar-refractivity contribution is 7.84. The summed E-state index contributed by atoms with van der Waals surface area (Å²) in [5.74, 6) is 0.636. The van der Waals surface area contributed by atoms with Gasteiger partial charge in [0, 0.05) is 22.8 Å². The summed E-state index contributed by atoms with van der Waals surface area (Å²) in [5, 5.41) is 0. The molecule has 0 aromatic rings. The zero-order chi connectivity index (χ0) is 8.20. The predicted octanol–water partition coefficient (Wildman–Crippen LogP) is 1.18. The molecule has 0 rings (SSSR count). The molecule has 3 heteroatoms. The summed E-state index contributed by atoms with van der Waals surface area (Å²) in [6.45, 7) is 6.56. The Morgan fingerprint density at radius 2 is 1.90 bits per heavy atom. The third-order valence-corrected chi connectivity index (χ3v) is 1.65. The van der Waals surface area contributed by atoms with Gasteiger partial charge in [0.15, 0.2) is 0 Å². The molecule has 0 N–H and O–H groups in total. The Bertz CT molecular complexity index is 115. The van der Waals surface area contributed by atoms with E-state index in [9.17, 15) is 4.21 Å². The van der Waals surface area contributed by atoms with Crippen LogP contribution in [0.3, 0.4) is 0 Å². The van der Waals surface area contributed by atoms with Crippen LogP contribution in [0.5, 0.6) is 0 Å². The third-order valence-electron chi connectivity index (χ3n) is 0.906. The van der Waals surface area contributed by atoms with Gasteiger partial charge in [0.2, 0.25) is 0 Å². The monoisotopic (exact) mass is 164 g/mol. The van der Waals surface area contributed by atoms with Crippen molar-refractivity contribution in [1.29, 1.82) is 0 Å². The number of rotatable bonds is 3. The van der Waals surface area contributed by atoms with Crippen molar-refractivity contribution in [2.75, 3.05) is 18.6 Å². The molecular weight excluding hydrogens is 148 g/mol. The maximum absolute atomic E-state index is 10.6. The van der Waals surface area contributed by atoms with E-state index in [1.54, 1.807) is 6.26 Å². The van der Waals surface area contributed by atoms with Gasteiger partial charge in [-0.05, 0) is 20.8 Å².